The summed E-state index contributed by atoms with van der Waals surface area (Å²) in [5.41, 5.74) is 0.612. The molecule has 2 aromatic rings. The molecule has 0 aliphatic heterocycles. The Labute approximate surface area is 113 Å². The van der Waals surface area contributed by atoms with Gasteiger partial charge in [-0.1, -0.05) is 11.6 Å². The Kier molecular flexibility index (Phi) is 3.77. The van der Waals surface area contributed by atoms with E-state index in [2.05, 4.69) is 15.5 Å². The lowest BCUT2D eigenvalue weighted by molar-refractivity contribution is -0.144. The van der Waals surface area contributed by atoms with Crippen molar-refractivity contribution in [2.45, 2.75) is 19.1 Å². The maximum absolute atomic E-state index is 11.2. The van der Waals surface area contributed by atoms with Gasteiger partial charge in [-0.3, -0.25) is 0 Å². The van der Waals surface area contributed by atoms with Crippen LogP contribution in [0.2, 0.25) is 5.02 Å². The van der Waals surface area contributed by atoms with Crippen LogP contribution < -0.4 is 0 Å². The van der Waals surface area contributed by atoms with Gasteiger partial charge in [0.1, 0.15) is 0 Å². The summed E-state index contributed by atoms with van der Waals surface area (Å²) < 4.78 is 1.08. The van der Waals surface area contributed by atoms with Crippen LogP contribution in [0.3, 0.4) is 0 Å². The molecule has 0 spiro atoms. The molecule has 0 fully saturated rings. The molecule has 2 rings (SSSR count). The molecule has 1 heterocycles. The number of rotatable bonds is 4. The van der Waals surface area contributed by atoms with Crippen LogP contribution in [-0.2, 0) is 4.79 Å². The molecule has 2 atom stereocenters. The molecular formula is C11H11ClN4O3. The number of halogens is 1. The van der Waals surface area contributed by atoms with E-state index in [1.165, 1.54) is 6.92 Å². The number of hydrogen-bond donors (Lipinski definition) is 2. The molecule has 0 bridgehead atoms. The van der Waals surface area contributed by atoms with Crippen LogP contribution >= 0.6 is 11.6 Å². The Morgan fingerprint density at radius 2 is 2.00 bits per heavy atom. The Morgan fingerprint density at radius 1 is 1.37 bits per heavy atom. The van der Waals surface area contributed by atoms with Gasteiger partial charge in [0.25, 0.3) is 0 Å². The summed E-state index contributed by atoms with van der Waals surface area (Å²) in [6, 6.07) is 5.39. The zero-order valence-corrected chi connectivity index (χ0v) is 10.7. The number of carboxylic acid groups (broad SMARTS) is 1. The fourth-order valence-electron chi connectivity index (χ4n) is 1.69. The fourth-order valence-corrected chi connectivity index (χ4v) is 1.81. The molecule has 0 amide bonds. The first-order valence-electron chi connectivity index (χ1n) is 5.45. The van der Waals surface area contributed by atoms with Gasteiger partial charge in [0.15, 0.2) is 11.9 Å². The summed E-state index contributed by atoms with van der Waals surface area (Å²) in [5, 5.41) is 30.1. The molecule has 7 nitrogen and oxygen atoms in total. The summed E-state index contributed by atoms with van der Waals surface area (Å²) >= 11 is 5.78. The normalized spacial score (nSPS) is 14.1. The number of carboxylic acids is 1. The second-order valence-electron chi connectivity index (χ2n) is 3.98. The predicted molar refractivity (Wildman–Crippen MR) is 66.6 cm³/mol. The van der Waals surface area contributed by atoms with Crippen molar-refractivity contribution in [1.29, 1.82) is 0 Å². The average Bonchev–Trinajstić information content (AvgIpc) is 2.78. The highest BCUT2D eigenvalue weighted by molar-refractivity contribution is 6.30. The molecule has 1 aromatic heterocycles. The van der Waals surface area contributed by atoms with Gasteiger partial charge in [0, 0.05) is 10.6 Å². The molecule has 19 heavy (non-hydrogen) atoms. The van der Waals surface area contributed by atoms with E-state index in [9.17, 15) is 9.90 Å². The third-order valence-corrected chi connectivity index (χ3v) is 2.82. The van der Waals surface area contributed by atoms with Gasteiger partial charge in [0.2, 0.25) is 0 Å². The number of tetrazole rings is 1. The molecule has 0 aliphatic rings. The number of benzene rings is 1. The summed E-state index contributed by atoms with van der Waals surface area (Å²) in [7, 11) is 0. The third-order valence-electron chi connectivity index (χ3n) is 2.57. The molecule has 2 unspecified atom stereocenters. The van der Waals surface area contributed by atoms with Gasteiger partial charge >= 0.3 is 5.97 Å². The fraction of sp³-hybridized carbons (Fsp3) is 0.273. The Morgan fingerprint density at radius 3 is 2.53 bits per heavy atom. The van der Waals surface area contributed by atoms with E-state index < -0.39 is 18.1 Å². The Hall–Kier alpha value is -1.99. The first-order valence-corrected chi connectivity index (χ1v) is 5.83. The van der Waals surface area contributed by atoms with Crippen molar-refractivity contribution in [2.75, 3.05) is 0 Å². The zero-order chi connectivity index (χ0) is 14.0. The minimum atomic E-state index is -1.25. The van der Waals surface area contributed by atoms with Crippen LogP contribution in [0.1, 0.15) is 13.0 Å². The number of nitrogens with zero attached hydrogens (tertiary/aromatic N) is 4. The molecule has 1 aromatic carbocycles. The van der Waals surface area contributed by atoms with E-state index in [0.29, 0.717) is 10.6 Å². The quantitative estimate of drug-likeness (QED) is 0.867. The topological polar surface area (TPSA) is 101 Å². The average molecular weight is 283 g/mol. The number of aromatic nitrogens is 4. The monoisotopic (exact) mass is 282 g/mol. The first-order chi connectivity index (χ1) is 9.00. The highest BCUT2D eigenvalue weighted by atomic mass is 35.5. The molecule has 100 valence electrons. The van der Waals surface area contributed by atoms with Crippen molar-refractivity contribution in [3.05, 3.63) is 29.3 Å². The van der Waals surface area contributed by atoms with E-state index in [0.717, 1.165) is 4.68 Å². The van der Waals surface area contributed by atoms with Crippen LogP contribution in [0.25, 0.3) is 11.4 Å². The Bertz CT molecular complexity index is 582. The van der Waals surface area contributed by atoms with E-state index in [1.807, 2.05) is 0 Å². The maximum atomic E-state index is 11.2. The standard InChI is InChI=1S/C11H11ClN4O3/c1-6(17)9(11(18)19)16-10(13-14-15-16)7-2-4-8(12)5-3-7/h2-6,9,17H,1H3,(H,18,19). The van der Waals surface area contributed by atoms with Crippen LogP contribution in [0, 0.1) is 0 Å². The van der Waals surface area contributed by atoms with Crippen molar-refractivity contribution in [1.82, 2.24) is 20.2 Å². The lowest BCUT2D eigenvalue weighted by Crippen LogP contribution is -2.30. The smallest absolute Gasteiger partial charge is 0.331 e. The molecule has 0 saturated heterocycles. The summed E-state index contributed by atoms with van der Waals surface area (Å²) in [6.45, 7) is 1.37. The van der Waals surface area contributed by atoms with Crippen molar-refractivity contribution in [3.63, 3.8) is 0 Å². The van der Waals surface area contributed by atoms with Crippen LogP contribution in [0.4, 0.5) is 0 Å². The predicted octanol–water partition coefficient (Wildman–Crippen LogP) is 1.00. The van der Waals surface area contributed by atoms with E-state index >= 15 is 0 Å². The lowest BCUT2D eigenvalue weighted by Gasteiger charge is -2.16. The summed E-state index contributed by atoms with van der Waals surface area (Å²) in [4.78, 5) is 11.2. The molecule has 0 aliphatic carbocycles. The largest absolute Gasteiger partial charge is 0.480 e. The van der Waals surface area contributed by atoms with Gasteiger partial charge < -0.3 is 10.2 Å². The van der Waals surface area contributed by atoms with Crippen LogP contribution in [0.5, 0.6) is 0 Å². The van der Waals surface area contributed by atoms with E-state index in [1.54, 1.807) is 24.3 Å². The number of aliphatic carboxylic acids is 1. The second-order valence-corrected chi connectivity index (χ2v) is 4.41. The minimum absolute atomic E-state index is 0.255. The van der Waals surface area contributed by atoms with Crippen molar-refractivity contribution in [3.8, 4) is 11.4 Å². The highest BCUT2D eigenvalue weighted by Gasteiger charge is 2.29. The number of aliphatic hydroxyl groups excluding tert-OH is 1. The van der Waals surface area contributed by atoms with Gasteiger partial charge in [-0.2, -0.15) is 0 Å². The van der Waals surface area contributed by atoms with Crippen molar-refractivity contribution in [2.24, 2.45) is 0 Å². The maximum Gasteiger partial charge on any atom is 0.331 e. The van der Waals surface area contributed by atoms with Crippen LogP contribution in [-0.4, -0.2) is 42.5 Å². The molecule has 8 heteroatoms. The molecule has 2 N–H and O–H groups in total. The zero-order valence-electron chi connectivity index (χ0n) is 9.93. The molecule has 0 radical (unpaired) electrons. The lowest BCUT2D eigenvalue weighted by atomic mass is 10.1. The molecular weight excluding hydrogens is 272 g/mol. The summed E-state index contributed by atoms with van der Waals surface area (Å²) in [5.74, 6) is -0.956. The third kappa shape index (κ3) is 2.72. The number of aliphatic hydroxyl groups is 1. The second kappa shape index (κ2) is 5.33. The minimum Gasteiger partial charge on any atom is -0.480 e. The Balaban J connectivity index is 2.47. The van der Waals surface area contributed by atoms with Crippen LogP contribution in [0.15, 0.2) is 24.3 Å². The first kappa shape index (κ1) is 13.4. The highest BCUT2D eigenvalue weighted by Crippen LogP contribution is 2.22. The SMILES string of the molecule is CC(O)C(C(=O)O)n1nnnc1-c1ccc(Cl)cc1. The van der Waals surface area contributed by atoms with Gasteiger partial charge in [-0.25, -0.2) is 9.48 Å². The van der Waals surface area contributed by atoms with Gasteiger partial charge in [-0.05, 0) is 41.6 Å². The molecule has 0 saturated carbocycles. The van der Waals surface area contributed by atoms with Gasteiger partial charge in [-0.15, -0.1) is 5.10 Å². The van der Waals surface area contributed by atoms with Crippen molar-refractivity contribution >= 4 is 17.6 Å². The van der Waals surface area contributed by atoms with Crippen molar-refractivity contribution < 1.29 is 15.0 Å². The van der Waals surface area contributed by atoms with Gasteiger partial charge in [0.05, 0.1) is 6.10 Å². The number of carbonyl (C=O) groups is 1. The number of hydrogen-bond acceptors (Lipinski definition) is 5. The van der Waals surface area contributed by atoms with E-state index in [4.69, 9.17) is 16.7 Å². The van der Waals surface area contributed by atoms with E-state index in [-0.39, 0.29) is 5.82 Å². The summed E-state index contributed by atoms with van der Waals surface area (Å²) in [6.07, 6.45) is -1.13.